The Morgan fingerprint density at radius 2 is 1.97 bits per heavy atom. The molecule has 0 aliphatic carbocycles. The highest BCUT2D eigenvalue weighted by Crippen LogP contribution is 2.31. The predicted molar refractivity (Wildman–Crippen MR) is 103 cm³/mol. The summed E-state index contributed by atoms with van der Waals surface area (Å²) < 4.78 is 45.8. The lowest BCUT2D eigenvalue weighted by Gasteiger charge is -2.09. The Balaban J connectivity index is 1.75. The average Bonchev–Trinajstić information content (AvgIpc) is 3.27. The number of carbonyl (C=O) groups excluding carboxylic acids is 1. The molecule has 2 aromatic heterocycles. The minimum atomic E-state index is -4.46. The quantitative estimate of drug-likeness (QED) is 0.410. The number of Topliss-reactive ketones (excluding diaryl/α,β-unsaturated/α-hetero) is 1. The minimum Gasteiger partial charge on any atom is -0.385 e. The molecule has 0 N–H and O–H groups in total. The first-order chi connectivity index (χ1) is 14.2. The number of hydrogen-bond donors (Lipinski definition) is 0. The molecule has 0 unspecified atom stereocenters. The Hall–Kier alpha value is -3.01. The van der Waals surface area contributed by atoms with Crippen molar-refractivity contribution in [2.75, 3.05) is 13.7 Å². The number of alkyl halides is 3. The van der Waals surface area contributed by atoms with Crippen LogP contribution < -0.4 is 0 Å². The van der Waals surface area contributed by atoms with E-state index in [1.54, 1.807) is 7.11 Å². The number of ketones is 1. The Morgan fingerprint density at radius 3 is 2.67 bits per heavy atom. The number of hydrogen-bond acceptors (Lipinski definition) is 5. The van der Waals surface area contributed by atoms with E-state index in [9.17, 15) is 18.0 Å². The van der Waals surface area contributed by atoms with Gasteiger partial charge in [-0.3, -0.25) is 4.79 Å². The standard InChI is InChI=1S/C20H22F3N5O2/c1-13-10-17(14(2)27(13)8-5-9-30-3)18(29)12-28-25-19(24-26-28)15-6-4-7-16(11-15)20(21,22)23/h4,6-7,10-11H,5,8-9,12H2,1-3H3. The van der Waals surface area contributed by atoms with Crippen molar-refractivity contribution in [1.29, 1.82) is 0 Å². The zero-order valence-electron chi connectivity index (χ0n) is 16.9. The van der Waals surface area contributed by atoms with Crippen LogP contribution in [0, 0.1) is 13.8 Å². The third-order valence-electron chi connectivity index (χ3n) is 4.79. The molecule has 0 amide bonds. The van der Waals surface area contributed by atoms with Crippen LogP contribution in [0.15, 0.2) is 30.3 Å². The van der Waals surface area contributed by atoms with Crippen molar-refractivity contribution in [3.05, 3.63) is 52.8 Å². The first-order valence-electron chi connectivity index (χ1n) is 9.35. The van der Waals surface area contributed by atoms with Crippen LogP contribution >= 0.6 is 0 Å². The van der Waals surface area contributed by atoms with E-state index in [1.165, 1.54) is 12.1 Å². The Labute approximate surface area is 171 Å². The highest BCUT2D eigenvalue weighted by Gasteiger charge is 2.30. The van der Waals surface area contributed by atoms with Gasteiger partial charge in [0.15, 0.2) is 5.78 Å². The van der Waals surface area contributed by atoms with Gasteiger partial charge in [0.2, 0.25) is 5.82 Å². The molecule has 3 rings (SSSR count). The molecule has 0 fully saturated rings. The molecule has 0 spiro atoms. The van der Waals surface area contributed by atoms with Gasteiger partial charge >= 0.3 is 6.18 Å². The molecular formula is C20H22F3N5O2. The molecular weight excluding hydrogens is 399 g/mol. The summed E-state index contributed by atoms with van der Waals surface area (Å²) in [4.78, 5) is 13.8. The second-order valence-electron chi connectivity index (χ2n) is 6.93. The number of tetrazole rings is 1. The monoisotopic (exact) mass is 421 g/mol. The summed E-state index contributed by atoms with van der Waals surface area (Å²) in [6, 6.07) is 6.49. The van der Waals surface area contributed by atoms with Gasteiger partial charge in [-0.15, -0.1) is 10.2 Å². The summed E-state index contributed by atoms with van der Waals surface area (Å²) in [6.07, 6.45) is -3.64. The second kappa shape index (κ2) is 8.78. The number of methoxy groups -OCH3 is 1. The molecule has 2 heterocycles. The van der Waals surface area contributed by atoms with Gasteiger partial charge in [-0.1, -0.05) is 12.1 Å². The molecule has 0 saturated carbocycles. The number of ether oxygens (including phenoxy) is 1. The number of rotatable bonds is 8. The maximum absolute atomic E-state index is 12.9. The van der Waals surface area contributed by atoms with E-state index in [0.29, 0.717) is 12.2 Å². The molecule has 0 atom stereocenters. The molecule has 0 radical (unpaired) electrons. The van der Waals surface area contributed by atoms with E-state index >= 15 is 0 Å². The van der Waals surface area contributed by atoms with Gasteiger partial charge in [-0.05, 0) is 43.7 Å². The van der Waals surface area contributed by atoms with E-state index in [1.807, 2.05) is 19.9 Å². The Bertz CT molecular complexity index is 1040. The fourth-order valence-corrected chi connectivity index (χ4v) is 3.27. The van der Waals surface area contributed by atoms with Crippen molar-refractivity contribution in [3.8, 4) is 11.4 Å². The van der Waals surface area contributed by atoms with E-state index < -0.39 is 11.7 Å². The summed E-state index contributed by atoms with van der Waals surface area (Å²) in [5.74, 6) is -0.173. The molecule has 0 bridgehead atoms. The van der Waals surface area contributed by atoms with Gasteiger partial charge in [0.05, 0.1) is 5.56 Å². The number of halogens is 3. The summed E-state index contributed by atoms with van der Waals surface area (Å²) in [5, 5.41) is 11.7. The van der Waals surface area contributed by atoms with E-state index in [2.05, 4.69) is 20.0 Å². The topological polar surface area (TPSA) is 74.8 Å². The fourth-order valence-electron chi connectivity index (χ4n) is 3.27. The molecule has 3 aromatic rings. The number of benzene rings is 1. The van der Waals surface area contributed by atoms with Crippen LogP contribution in [-0.2, 0) is 24.0 Å². The molecule has 0 aliphatic heterocycles. The van der Waals surface area contributed by atoms with Gasteiger partial charge in [-0.2, -0.15) is 18.0 Å². The number of nitrogens with zero attached hydrogens (tertiary/aromatic N) is 5. The Kier molecular flexibility index (Phi) is 6.35. The van der Waals surface area contributed by atoms with Crippen molar-refractivity contribution in [1.82, 2.24) is 24.8 Å². The normalized spacial score (nSPS) is 11.8. The molecule has 0 aliphatic rings. The minimum absolute atomic E-state index is 0.0268. The predicted octanol–water partition coefficient (Wildman–Crippen LogP) is 3.70. The van der Waals surface area contributed by atoms with E-state index in [-0.39, 0.29) is 23.7 Å². The maximum Gasteiger partial charge on any atom is 0.416 e. The van der Waals surface area contributed by atoms with E-state index in [4.69, 9.17) is 4.74 Å². The molecule has 0 saturated heterocycles. The van der Waals surface area contributed by atoms with Gasteiger partial charge < -0.3 is 9.30 Å². The van der Waals surface area contributed by atoms with Crippen molar-refractivity contribution < 1.29 is 22.7 Å². The summed E-state index contributed by atoms with van der Waals surface area (Å²) in [6.45, 7) is 5.00. The third kappa shape index (κ3) is 4.76. The van der Waals surface area contributed by atoms with Gasteiger partial charge in [0, 0.05) is 42.8 Å². The smallest absolute Gasteiger partial charge is 0.385 e. The van der Waals surface area contributed by atoms with Crippen LogP contribution in [0.2, 0.25) is 0 Å². The molecule has 10 heteroatoms. The van der Waals surface area contributed by atoms with Crippen molar-refractivity contribution in [2.24, 2.45) is 0 Å². The van der Waals surface area contributed by atoms with Gasteiger partial charge in [0.25, 0.3) is 0 Å². The summed E-state index contributed by atoms with van der Waals surface area (Å²) in [5.41, 5.74) is 1.74. The number of carbonyl (C=O) groups is 1. The average molecular weight is 421 g/mol. The largest absolute Gasteiger partial charge is 0.416 e. The highest BCUT2D eigenvalue weighted by atomic mass is 19.4. The molecule has 160 valence electrons. The van der Waals surface area contributed by atoms with Gasteiger partial charge in [-0.25, -0.2) is 0 Å². The number of aryl methyl sites for hydroxylation is 1. The van der Waals surface area contributed by atoms with Crippen molar-refractivity contribution in [3.63, 3.8) is 0 Å². The zero-order chi connectivity index (χ0) is 21.9. The third-order valence-corrected chi connectivity index (χ3v) is 4.79. The lowest BCUT2D eigenvalue weighted by atomic mass is 10.1. The van der Waals surface area contributed by atoms with Crippen LogP contribution in [-0.4, -0.2) is 44.3 Å². The second-order valence-corrected chi connectivity index (χ2v) is 6.93. The van der Waals surface area contributed by atoms with Crippen molar-refractivity contribution >= 4 is 5.78 Å². The first-order valence-corrected chi connectivity index (χ1v) is 9.35. The zero-order valence-corrected chi connectivity index (χ0v) is 16.9. The Morgan fingerprint density at radius 1 is 1.20 bits per heavy atom. The van der Waals surface area contributed by atoms with Crippen LogP contribution in [0.25, 0.3) is 11.4 Å². The lowest BCUT2D eigenvalue weighted by Crippen LogP contribution is -2.14. The number of aromatic nitrogens is 5. The molecule has 30 heavy (non-hydrogen) atoms. The van der Waals surface area contributed by atoms with Crippen molar-refractivity contribution in [2.45, 2.75) is 39.5 Å². The highest BCUT2D eigenvalue weighted by molar-refractivity contribution is 5.97. The van der Waals surface area contributed by atoms with Crippen LogP contribution in [0.4, 0.5) is 13.2 Å². The molecule has 7 nitrogen and oxygen atoms in total. The maximum atomic E-state index is 12.9. The fraction of sp³-hybridized carbons (Fsp3) is 0.400. The van der Waals surface area contributed by atoms with Crippen LogP contribution in [0.1, 0.15) is 33.7 Å². The first kappa shape index (κ1) is 21.7. The van der Waals surface area contributed by atoms with Crippen LogP contribution in [0.5, 0.6) is 0 Å². The lowest BCUT2D eigenvalue weighted by molar-refractivity contribution is -0.137. The van der Waals surface area contributed by atoms with Crippen LogP contribution in [0.3, 0.4) is 0 Å². The van der Waals surface area contributed by atoms with E-state index in [0.717, 1.165) is 41.3 Å². The summed E-state index contributed by atoms with van der Waals surface area (Å²) in [7, 11) is 1.64. The molecule has 1 aromatic carbocycles. The van der Waals surface area contributed by atoms with Gasteiger partial charge in [0.1, 0.15) is 6.54 Å². The SMILES string of the molecule is COCCCn1c(C)cc(C(=O)Cn2nnc(-c3cccc(C(F)(F)F)c3)n2)c1C. The summed E-state index contributed by atoms with van der Waals surface area (Å²) >= 11 is 0.